The van der Waals surface area contributed by atoms with Crippen LogP contribution < -0.4 is 10.6 Å². The molecule has 1 atom stereocenters. The third-order valence-electron chi connectivity index (χ3n) is 3.64. The lowest BCUT2D eigenvalue weighted by molar-refractivity contribution is 0.174. The second-order valence-corrected chi connectivity index (χ2v) is 6.26. The highest BCUT2D eigenvalue weighted by Gasteiger charge is 2.12. The van der Waals surface area contributed by atoms with Crippen molar-refractivity contribution < 1.29 is 9.90 Å². The molecule has 3 rings (SSSR count). The molecule has 0 fully saturated rings. The molecule has 3 N–H and O–H groups in total. The summed E-state index contributed by atoms with van der Waals surface area (Å²) in [6, 6.07) is 17.3. The predicted molar refractivity (Wildman–Crippen MR) is 93.5 cm³/mol. The van der Waals surface area contributed by atoms with Crippen LogP contribution in [-0.2, 0) is 6.54 Å². The van der Waals surface area contributed by atoms with E-state index in [9.17, 15) is 9.90 Å². The van der Waals surface area contributed by atoms with Gasteiger partial charge in [0.15, 0.2) is 0 Å². The summed E-state index contributed by atoms with van der Waals surface area (Å²) in [5, 5.41) is 19.9. The summed E-state index contributed by atoms with van der Waals surface area (Å²) in [6.45, 7) is 0.665. The lowest BCUT2D eigenvalue weighted by Gasteiger charge is -2.15. The molecule has 1 heterocycles. The van der Waals surface area contributed by atoms with Crippen molar-refractivity contribution in [1.29, 1.82) is 0 Å². The number of carbonyl (C=O) groups excluding carboxylic acids is 1. The molecule has 4 nitrogen and oxygen atoms in total. The maximum atomic E-state index is 11.8. The first-order chi connectivity index (χ1) is 11.2. The average Bonchev–Trinajstić information content (AvgIpc) is 3.11. The summed E-state index contributed by atoms with van der Waals surface area (Å²) >= 11 is 1.60. The Hall–Kier alpha value is -2.37. The molecule has 0 aliphatic heterocycles. The summed E-state index contributed by atoms with van der Waals surface area (Å²) in [4.78, 5) is 12.9. The van der Waals surface area contributed by atoms with E-state index in [2.05, 4.69) is 10.6 Å². The van der Waals surface area contributed by atoms with E-state index in [4.69, 9.17) is 0 Å². The number of amides is 2. The van der Waals surface area contributed by atoms with Gasteiger partial charge in [0.05, 0.1) is 12.6 Å². The van der Waals surface area contributed by atoms with Crippen LogP contribution in [0, 0.1) is 0 Å². The number of aliphatic hydroxyl groups is 1. The molecule has 1 unspecified atom stereocenters. The van der Waals surface area contributed by atoms with Crippen LogP contribution in [0.3, 0.4) is 0 Å². The number of nitrogens with one attached hydrogen (secondary N) is 2. The third-order valence-corrected chi connectivity index (χ3v) is 4.52. The summed E-state index contributed by atoms with van der Waals surface area (Å²) in [7, 11) is 0. The van der Waals surface area contributed by atoms with Crippen molar-refractivity contribution in [3.8, 4) is 0 Å². The van der Waals surface area contributed by atoms with Gasteiger partial charge in [-0.1, -0.05) is 48.5 Å². The lowest BCUT2D eigenvalue weighted by atomic mass is 10.0. The SMILES string of the molecule is O=C(NCc1cccs1)NCC(O)c1cccc2ccccc12. The Balaban J connectivity index is 1.58. The van der Waals surface area contributed by atoms with Gasteiger partial charge in [0, 0.05) is 11.4 Å². The Morgan fingerprint density at radius 1 is 1.04 bits per heavy atom. The Bertz CT molecular complexity index is 781. The maximum Gasteiger partial charge on any atom is 0.315 e. The number of hydrogen-bond donors (Lipinski definition) is 3. The first kappa shape index (κ1) is 15.5. The zero-order valence-corrected chi connectivity index (χ0v) is 13.3. The minimum absolute atomic E-state index is 0.171. The van der Waals surface area contributed by atoms with Crippen LogP contribution in [0.25, 0.3) is 10.8 Å². The summed E-state index contributed by atoms with van der Waals surface area (Å²) in [5.74, 6) is 0. The van der Waals surface area contributed by atoms with Gasteiger partial charge in [-0.05, 0) is 27.8 Å². The molecule has 1 aromatic heterocycles. The van der Waals surface area contributed by atoms with Crippen LogP contribution in [-0.4, -0.2) is 17.7 Å². The van der Waals surface area contributed by atoms with Crippen LogP contribution in [0.15, 0.2) is 60.0 Å². The summed E-state index contributed by atoms with van der Waals surface area (Å²) in [5.41, 5.74) is 0.821. The molecule has 0 radical (unpaired) electrons. The molecule has 2 amide bonds. The average molecular weight is 326 g/mol. The van der Waals surface area contributed by atoms with E-state index in [1.54, 1.807) is 11.3 Å². The van der Waals surface area contributed by atoms with Crippen LogP contribution in [0.2, 0.25) is 0 Å². The Kier molecular flexibility index (Phi) is 4.90. The largest absolute Gasteiger partial charge is 0.387 e. The zero-order valence-electron chi connectivity index (χ0n) is 12.5. The smallest absolute Gasteiger partial charge is 0.315 e. The molecular weight excluding hydrogens is 308 g/mol. The van der Waals surface area contributed by atoms with Crippen molar-refractivity contribution in [1.82, 2.24) is 10.6 Å². The van der Waals surface area contributed by atoms with Crippen LogP contribution in [0.5, 0.6) is 0 Å². The maximum absolute atomic E-state index is 11.8. The molecule has 0 spiro atoms. The van der Waals surface area contributed by atoms with E-state index in [-0.39, 0.29) is 12.6 Å². The van der Waals surface area contributed by atoms with Gasteiger partial charge < -0.3 is 15.7 Å². The number of fused-ring (bicyclic) bond motifs is 1. The fraction of sp³-hybridized carbons (Fsp3) is 0.167. The van der Waals surface area contributed by atoms with E-state index >= 15 is 0 Å². The number of rotatable bonds is 5. The first-order valence-corrected chi connectivity index (χ1v) is 8.32. The first-order valence-electron chi connectivity index (χ1n) is 7.44. The Morgan fingerprint density at radius 3 is 2.70 bits per heavy atom. The Labute approximate surface area is 138 Å². The molecule has 0 saturated carbocycles. The molecule has 118 valence electrons. The molecule has 2 aromatic carbocycles. The molecule has 3 aromatic rings. The number of hydrogen-bond acceptors (Lipinski definition) is 3. The highest BCUT2D eigenvalue weighted by Crippen LogP contribution is 2.23. The Morgan fingerprint density at radius 2 is 1.87 bits per heavy atom. The summed E-state index contributed by atoms with van der Waals surface area (Å²) in [6.07, 6.45) is -0.742. The highest BCUT2D eigenvalue weighted by atomic mass is 32.1. The van der Waals surface area contributed by atoms with Crippen LogP contribution in [0.1, 0.15) is 16.5 Å². The van der Waals surface area contributed by atoms with E-state index in [0.717, 1.165) is 21.2 Å². The van der Waals surface area contributed by atoms with Gasteiger partial charge >= 0.3 is 6.03 Å². The van der Waals surface area contributed by atoms with Gasteiger partial charge in [0.2, 0.25) is 0 Å². The number of aliphatic hydroxyl groups excluding tert-OH is 1. The van der Waals surface area contributed by atoms with E-state index < -0.39 is 6.10 Å². The van der Waals surface area contributed by atoms with Crippen molar-refractivity contribution in [3.63, 3.8) is 0 Å². The monoisotopic (exact) mass is 326 g/mol. The molecule has 5 heteroatoms. The topological polar surface area (TPSA) is 61.4 Å². The molecule has 0 saturated heterocycles. The van der Waals surface area contributed by atoms with Crippen molar-refractivity contribution in [2.24, 2.45) is 0 Å². The molecule has 0 aliphatic carbocycles. The van der Waals surface area contributed by atoms with Crippen LogP contribution >= 0.6 is 11.3 Å². The lowest BCUT2D eigenvalue weighted by Crippen LogP contribution is -2.37. The second kappa shape index (κ2) is 7.26. The predicted octanol–water partition coefficient (Wildman–Crippen LogP) is 3.43. The zero-order chi connectivity index (χ0) is 16.1. The van der Waals surface area contributed by atoms with E-state index in [1.165, 1.54) is 0 Å². The second-order valence-electron chi connectivity index (χ2n) is 5.23. The normalized spacial score (nSPS) is 12.0. The fourth-order valence-corrected chi connectivity index (χ4v) is 3.13. The molecule has 0 aliphatic rings. The van der Waals surface area contributed by atoms with Gasteiger partial charge in [-0.15, -0.1) is 11.3 Å². The van der Waals surface area contributed by atoms with Crippen molar-refractivity contribution in [3.05, 3.63) is 70.4 Å². The fourth-order valence-electron chi connectivity index (χ4n) is 2.48. The van der Waals surface area contributed by atoms with Gasteiger partial charge in [-0.25, -0.2) is 4.79 Å². The summed E-state index contributed by atoms with van der Waals surface area (Å²) < 4.78 is 0. The number of thiophene rings is 1. The quantitative estimate of drug-likeness (QED) is 0.672. The van der Waals surface area contributed by atoms with E-state index in [0.29, 0.717) is 6.54 Å². The van der Waals surface area contributed by atoms with Gasteiger partial charge in [0.1, 0.15) is 0 Å². The highest BCUT2D eigenvalue weighted by molar-refractivity contribution is 7.09. The standard InChI is InChI=1S/C18H18N2O2S/c21-17(12-20-18(22)19-11-14-7-4-10-23-14)16-9-3-6-13-5-1-2-8-15(13)16/h1-10,17,21H,11-12H2,(H2,19,20,22). The van der Waals surface area contributed by atoms with Crippen molar-refractivity contribution in [2.45, 2.75) is 12.6 Å². The van der Waals surface area contributed by atoms with Gasteiger partial charge in [-0.2, -0.15) is 0 Å². The van der Waals surface area contributed by atoms with Gasteiger partial charge in [-0.3, -0.25) is 0 Å². The molecule has 23 heavy (non-hydrogen) atoms. The number of benzene rings is 2. The minimum atomic E-state index is -0.742. The van der Waals surface area contributed by atoms with E-state index in [1.807, 2.05) is 60.0 Å². The molecule has 0 bridgehead atoms. The third kappa shape index (κ3) is 3.88. The number of urea groups is 1. The van der Waals surface area contributed by atoms with Gasteiger partial charge in [0.25, 0.3) is 0 Å². The van der Waals surface area contributed by atoms with Crippen molar-refractivity contribution >= 4 is 28.1 Å². The minimum Gasteiger partial charge on any atom is -0.387 e. The number of carbonyl (C=O) groups is 1. The van der Waals surface area contributed by atoms with Crippen molar-refractivity contribution in [2.75, 3.05) is 6.54 Å². The molecular formula is C18H18N2O2S. The van der Waals surface area contributed by atoms with Crippen LogP contribution in [0.4, 0.5) is 4.79 Å².